The van der Waals surface area contributed by atoms with Crippen molar-refractivity contribution in [3.63, 3.8) is 0 Å². The summed E-state index contributed by atoms with van der Waals surface area (Å²) in [5, 5.41) is 2.05. The van der Waals surface area contributed by atoms with Gasteiger partial charge in [0.25, 0.3) is 0 Å². The lowest BCUT2D eigenvalue weighted by atomic mass is 10.0. The average Bonchev–Trinajstić information content (AvgIpc) is 3.16. The van der Waals surface area contributed by atoms with Crippen molar-refractivity contribution < 1.29 is 8.42 Å². The fourth-order valence-electron chi connectivity index (χ4n) is 4.02. The zero-order valence-electron chi connectivity index (χ0n) is 14.0. The van der Waals surface area contributed by atoms with Crippen molar-refractivity contribution in [2.45, 2.75) is 60.0 Å². The molecule has 128 valence electrons. The summed E-state index contributed by atoms with van der Waals surface area (Å²) in [6.45, 7) is 0. The summed E-state index contributed by atoms with van der Waals surface area (Å²) in [5.74, 6) is 2.64. The monoisotopic (exact) mass is 361 g/mol. The first-order valence-corrected chi connectivity index (χ1v) is 12.2. The maximum absolute atomic E-state index is 12.9. The molecule has 0 spiro atoms. The largest absolute Gasteiger partial charge is 0.223 e. The fraction of sp³-hybridized carbons (Fsp3) is 0.500. The molecule has 0 unspecified atom stereocenters. The van der Waals surface area contributed by atoms with Crippen LogP contribution in [0.1, 0.15) is 44.9 Å². The van der Waals surface area contributed by atoms with Gasteiger partial charge < -0.3 is 0 Å². The predicted molar refractivity (Wildman–Crippen MR) is 103 cm³/mol. The lowest BCUT2D eigenvalue weighted by Gasteiger charge is -2.21. The summed E-state index contributed by atoms with van der Waals surface area (Å²) in [7, 11) is -2.77. The first kappa shape index (κ1) is 16.5. The summed E-state index contributed by atoms with van der Waals surface area (Å²) < 4.78 is 25.8. The van der Waals surface area contributed by atoms with Gasteiger partial charge in [-0.15, -0.1) is 0 Å². The number of sulfone groups is 1. The third-order valence-corrected chi connectivity index (χ3v) is 10.2. The van der Waals surface area contributed by atoms with E-state index in [1.807, 2.05) is 18.2 Å². The summed E-state index contributed by atoms with van der Waals surface area (Å²) in [6.07, 6.45) is 7.60. The molecular weight excluding hydrogens is 336 g/mol. The van der Waals surface area contributed by atoms with Crippen LogP contribution in [-0.4, -0.2) is 25.2 Å². The smallest absolute Gasteiger partial charge is 0.181 e. The SMILES string of the molecule is O=S(=O)(c1ccc2cc([S+]3CCCC3)ccc2c1)C1CCCCC1. The molecule has 2 fully saturated rings. The van der Waals surface area contributed by atoms with Crippen LogP contribution in [0.25, 0.3) is 10.8 Å². The number of benzene rings is 2. The summed E-state index contributed by atoms with van der Waals surface area (Å²) in [6, 6.07) is 12.3. The maximum atomic E-state index is 12.9. The molecule has 0 atom stereocenters. The predicted octanol–water partition coefficient (Wildman–Crippen LogP) is 4.72. The molecular formula is C20H25O2S2+. The zero-order chi connectivity index (χ0) is 16.6. The van der Waals surface area contributed by atoms with E-state index in [4.69, 9.17) is 0 Å². The first-order valence-electron chi connectivity index (χ1n) is 9.10. The van der Waals surface area contributed by atoms with E-state index in [0.717, 1.165) is 31.1 Å². The van der Waals surface area contributed by atoms with Gasteiger partial charge in [-0.3, -0.25) is 0 Å². The lowest BCUT2D eigenvalue weighted by Crippen LogP contribution is -2.24. The zero-order valence-corrected chi connectivity index (χ0v) is 15.7. The second-order valence-electron chi connectivity index (χ2n) is 7.08. The average molecular weight is 362 g/mol. The summed E-state index contributed by atoms with van der Waals surface area (Å²) in [4.78, 5) is 1.96. The van der Waals surface area contributed by atoms with Crippen molar-refractivity contribution in [2.75, 3.05) is 11.5 Å². The van der Waals surface area contributed by atoms with Crippen molar-refractivity contribution in [1.29, 1.82) is 0 Å². The van der Waals surface area contributed by atoms with Gasteiger partial charge in [0.15, 0.2) is 14.7 Å². The second kappa shape index (κ2) is 6.72. The van der Waals surface area contributed by atoms with Crippen molar-refractivity contribution in [2.24, 2.45) is 0 Å². The van der Waals surface area contributed by atoms with E-state index in [9.17, 15) is 8.42 Å². The molecule has 2 aromatic carbocycles. The van der Waals surface area contributed by atoms with Gasteiger partial charge in [-0.25, -0.2) is 8.42 Å². The van der Waals surface area contributed by atoms with Crippen molar-refractivity contribution in [3.05, 3.63) is 36.4 Å². The molecule has 4 rings (SSSR count). The van der Waals surface area contributed by atoms with E-state index >= 15 is 0 Å². The van der Waals surface area contributed by atoms with Gasteiger partial charge in [0.1, 0.15) is 11.5 Å². The molecule has 2 aromatic rings. The topological polar surface area (TPSA) is 34.1 Å². The molecule has 1 aliphatic carbocycles. The van der Waals surface area contributed by atoms with E-state index in [0.29, 0.717) is 15.8 Å². The van der Waals surface area contributed by atoms with Crippen LogP contribution < -0.4 is 0 Å². The molecule has 1 saturated heterocycles. The van der Waals surface area contributed by atoms with Crippen LogP contribution in [0.2, 0.25) is 0 Å². The maximum Gasteiger partial charge on any atom is 0.181 e. The minimum atomic E-state index is -3.18. The molecule has 1 saturated carbocycles. The fourth-order valence-corrected chi connectivity index (χ4v) is 8.24. The Balaban J connectivity index is 1.66. The second-order valence-corrected chi connectivity index (χ2v) is 11.6. The Kier molecular flexibility index (Phi) is 4.61. The molecule has 1 heterocycles. The molecule has 2 nitrogen and oxygen atoms in total. The lowest BCUT2D eigenvalue weighted by molar-refractivity contribution is 0.484. The molecule has 4 heteroatoms. The van der Waals surface area contributed by atoms with Crippen molar-refractivity contribution in [3.8, 4) is 0 Å². The summed E-state index contributed by atoms with van der Waals surface area (Å²) >= 11 is 0. The third kappa shape index (κ3) is 3.11. The minimum absolute atomic E-state index is 0.178. The van der Waals surface area contributed by atoms with E-state index in [-0.39, 0.29) is 5.25 Å². The highest BCUT2D eigenvalue weighted by Crippen LogP contribution is 2.31. The minimum Gasteiger partial charge on any atom is -0.223 e. The highest BCUT2D eigenvalue weighted by molar-refractivity contribution is 7.97. The highest BCUT2D eigenvalue weighted by Gasteiger charge is 2.30. The van der Waals surface area contributed by atoms with Crippen molar-refractivity contribution in [1.82, 2.24) is 0 Å². The third-order valence-electron chi connectivity index (χ3n) is 5.47. The Bertz CT molecular complexity index is 830. The van der Waals surface area contributed by atoms with Gasteiger partial charge in [0, 0.05) is 17.0 Å². The Morgan fingerprint density at radius 3 is 2.21 bits per heavy atom. The number of hydrogen-bond donors (Lipinski definition) is 0. The van der Waals surface area contributed by atoms with Crippen LogP contribution in [0.5, 0.6) is 0 Å². The molecule has 24 heavy (non-hydrogen) atoms. The Hall–Kier alpha value is -1.00. The van der Waals surface area contributed by atoms with Gasteiger partial charge in [-0.05, 0) is 60.7 Å². The quantitative estimate of drug-likeness (QED) is 0.742. The molecule has 0 amide bonds. The molecule has 1 aliphatic heterocycles. The summed E-state index contributed by atoms with van der Waals surface area (Å²) in [5.41, 5.74) is 0. The molecule has 2 aliphatic rings. The number of hydrogen-bond acceptors (Lipinski definition) is 2. The van der Waals surface area contributed by atoms with Gasteiger partial charge in [0.2, 0.25) is 0 Å². The molecule has 0 bridgehead atoms. The van der Waals surface area contributed by atoms with E-state index in [1.165, 1.54) is 41.0 Å². The molecule has 0 N–H and O–H groups in total. The molecule has 0 radical (unpaired) electrons. The van der Waals surface area contributed by atoms with Gasteiger partial charge >= 0.3 is 0 Å². The van der Waals surface area contributed by atoms with Gasteiger partial charge in [-0.2, -0.15) is 0 Å². The van der Waals surface area contributed by atoms with E-state index in [1.54, 1.807) is 0 Å². The normalized spacial score (nSPS) is 20.7. The standard InChI is InChI=1S/C20H25O2S2/c21-24(22,19-6-2-1-3-7-19)20-11-9-16-14-18(10-8-17(16)15-20)23-12-4-5-13-23/h8-11,14-15,19H,1-7,12-13H2/q+1. The van der Waals surface area contributed by atoms with Crippen LogP contribution in [0.15, 0.2) is 46.2 Å². The van der Waals surface area contributed by atoms with Gasteiger partial charge in [0.05, 0.1) is 10.1 Å². The van der Waals surface area contributed by atoms with Crippen LogP contribution in [0, 0.1) is 0 Å². The van der Waals surface area contributed by atoms with Crippen LogP contribution >= 0.6 is 0 Å². The van der Waals surface area contributed by atoms with Crippen LogP contribution in [-0.2, 0) is 20.7 Å². The highest BCUT2D eigenvalue weighted by atomic mass is 32.2. The van der Waals surface area contributed by atoms with Gasteiger partial charge in [-0.1, -0.05) is 25.3 Å². The Labute approximate surface area is 147 Å². The van der Waals surface area contributed by atoms with Crippen LogP contribution in [0.3, 0.4) is 0 Å². The van der Waals surface area contributed by atoms with E-state index in [2.05, 4.69) is 18.2 Å². The Morgan fingerprint density at radius 1 is 0.792 bits per heavy atom. The van der Waals surface area contributed by atoms with Crippen molar-refractivity contribution >= 4 is 31.5 Å². The first-order chi connectivity index (χ1) is 11.6. The van der Waals surface area contributed by atoms with Crippen LogP contribution in [0.4, 0.5) is 0 Å². The Morgan fingerprint density at radius 2 is 1.46 bits per heavy atom. The number of fused-ring (bicyclic) bond motifs is 1. The number of rotatable bonds is 3. The molecule has 0 aromatic heterocycles. The van der Waals surface area contributed by atoms with E-state index < -0.39 is 9.84 Å².